The molecule has 0 amide bonds. The highest BCUT2D eigenvalue weighted by molar-refractivity contribution is 8.13. The summed E-state index contributed by atoms with van der Waals surface area (Å²) >= 11 is 0. The lowest BCUT2D eigenvalue weighted by atomic mass is 10.4. The molecule has 0 aliphatic heterocycles. The Kier molecular flexibility index (Phi) is 4.69. The Labute approximate surface area is 111 Å². The first-order valence-electron chi connectivity index (χ1n) is 4.14. The molecule has 0 aromatic rings. The van der Waals surface area contributed by atoms with Crippen molar-refractivity contribution in [1.82, 2.24) is 0 Å². The number of nitrogens with zero attached hydrogens (tertiary/aromatic N) is 1. The number of halogens is 9. The molecule has 0 radical (unpaired) electrons. The molecule has 128 valence electrons. The van der Waals surface area contributed by atoms with Crippen molar-refractivity contribution in [2.45, 2.75) is 29.5 Å². The molecular formula is C5H3F9NO4S2-. The van der Waals surface area contributed by atoms with Crippen molar-refractivity contribution in [3.8, 4) is 0 Å². The van der Waals surface area contributed by atoms with Gasteiger partial charge >= 0.3 is 22.6 Å². The maximum atomic E-state index is 12.7. The minimum Gasteiger partial charge on any atom is -0.425 e. The molecule has 0 rings (SSSR count). The lowest BCUT2D eigenvalue weighted by Gasteiger charge is -2.33. The molecule has 0 heterocycles. The van der Waals surface area contributed by atoms with E-state index in [-0.39, 0.29) is 0 Å². The Hall–Kier alpha value is -0.770. The molecule has 0 unspecified atom stereocenters. The van der Waals surface area contributed by atoms with Gasteiger partial charge < -0.3 is 4.13 Å². The van der Waals surface area contributed by atoms with Gasteiger partial charge in [-0.15, -0.1) is 0 Å². The zero-order chi connectivity index (χ0) is 17.7. The van der Waals surface area contributed by atoms with Crippen LogP contribution in [0.15, 0.2) is 0 Å². The van der Waals surface area contributed by atoms with Crippen LogP contribution < -0.4 is 0 Å². The molecule has 16 heteroatoms. The van der Waals surface area contributed by atoms with Gasteiger partial charge in [0.2, 0.25) is 0 Å². The maximum Gasteiger partial charge on any atom is 0.467 e. The number of hydrogen-bond acceptors (Lipinski definition) is 4. The molecule has 0 aromatic heterocycles. The van der Waals surface area contributed by atoms with Crippen molar-refractivity contribution in [2.75, 3.05) is 0 Å². The van der Waals surface area contributed by atoms with Crippen molar-refractivity contribution >= 4 is 20.0 Å². The Balaban J connectivity index is 5.91. The van der Waals surface area contributed by atoms with Crippen LogP contribution in [0, 0.1) is 0 Å². The Bertz CT molecular complexity index is 545. The molecule has 0 bridgehead atoms. The summed E-state index contributed by atoms with van der Waals surface area (Å²) < 4.78 is 153. The minimum absolute atomic E-state index is 0.662. The number of alkyl halides is 9. The van der Waals surface area contributed by atoms with E-state index < -0.39 is 49.6 Å². The Morgan fingerprint density at radius 3 is 1.19 bits per heavy atom. The second kappa shape index (κ2) is 4.87. The second-order valence-corrected chi connectivity index (χ2v) is 6.97. The van der Waals surface area contributed by atoms with Crippen molar-refractivity contribution < 1.29 is 56.3 Å². The summed E-state index contributed by atoms with van der Waals surface area (Å²) in [5.41, 5.74) is 0. The van der Waals surface area contributed by atoms with Gasteiger partial charge in [0, 0.05) is 6.92 Å². The van der Waals surface area contributed by atoms with Gasteiger partial charge in [-0.1, -0.05) is 0 Å². The first-order chi connectivity index (χ1) is 8.71. The zero-order valence-corrected chi connectivity index (χ0v) is 10.9. The average Bonchev–Trinajstić information content (AvgIpc) is 2.11. The largest absolute Gasteiger partial charge is 0.467 e. The van der Waals surface area contributed by atoms with Crippen LogP contribution >= 0.6 is 0 Å². The molecule has 0 atom stereocenters. The van der Waals surface area contributed by atoms with Crippen LogP contribution in [0.25, 0.3) is 4.13 Å². The fourth-order valence-corrected chi connectivity index (χ4v) is 3.12. The molecule has 0 saturated heterocycles. The smallest absolute Gasteiger partial charge is 0.425 e. The van der Waals surface area contributed by atoms with E-state index in [2.05, 4.69) is 0 Å². The lowest BCUT2D eigenvalue weighted by molar-refractivity contribution is -0.240. The molecule has 0 fully saturated rings. The molecule has 0 aliphatic carbocycles. The molecule has 5 nitrogen and oxygen atoms in total. The summed E-state index contributed by atoms with van der Waals surface area (Å²) in [7, 11) is -14.7. The maximum absolute atomic E-state index is 12.7. The molecule has 21 heavy (non-hydrogen) atoms. The van der Waals surface area contributed by atoms with E-state index in [1.54, 1.807) is 0 Å². The van der Waals surface area contributed by atoms with Crippen molar-refractivity contribution in [1.29, 1.82) is 0 Å². The van der Waals surface area contributed by atoms with Crippen LogP contribution in [-0.4, -0.2) is 39.4 Å². The van der Waals surface area contributed by atoms with Crippen LogP contribution in [0.1, 0.15) is 6.92 Å². The van der Waals surface area contributed by atoms with Crippen molar-refractivity contribution in [3.05, 3.63) is 4.13 Å². The van der Waals surface area contributed by atoms with Crippen LogP contribution in [0.3, 0.4) is 0 Å². The lowest BCUT2D eigenvalue weighted by Crippen LogP contribution is -2.48. The van der Waals surface area contributed by atoms with Gasteiger partial charge in [0.15, 0.2) is 20.0 Å². The number of sulfonamides is 2. The highest BCUT2D eigenvalue weighted by atomic mass is 32.3. The quantitative estimate of drug-likeness (QED) is 0.690. The number of hydrogen-bond donors (Lipinski definition) is 0. The van der Waals surface area contributed by atoms with Crippen LogP contribution in [0.2, 0.25) is 0 Å². The van der Waals surface area contributed by atoms with E-state index in [1.807, 2.05) is 0 Å². The van der Waals surface area contributed by atoms with Crippen molar-refractivity contribution in [3.63, 3.8) is 0 Å². The standard InChI is InChI=1S/C5H3F9NO4S2/c1-2(6,7)4(11,12)20(16,17)15-21(18,19)5(13,14)3(8,9)10/h1H3/q-1. The van der Waals surface area contributed by atoms with Gasteiger partial charge in [0.25, 0.3) is 0 Å². The van der Waals surface area contributed by atoms with E-state index in [0.717, 1.165) is 0 Å². The van der Waals surface area contributed by atoms with E-state index in [4.69, 9.17) is 0 Å². The van der Waals surface area contributed by atoms with Crippen LogP contribution in [0.4, 0.5) is 39.5 Å². The number of rotatable bonds is 5. The molecule has 0 saturated carbocycles. The van der Waals surface area contributed by atoms with E-state index >= 15 is 0 Å². The predicted molar refractivity (Wildman–Crippen MR) is 47.8 cm³/mol. The highest BCUT2D eigenvalue weighted by Gasteiger charge is 2.66. The Morgan fingerprint density at radius 2 is 0.952 bits per heavy atom. The topological polar surface area (TPSA) is 82.4 Å². The summed E-state index contributed by atoms with van der Waals surface area (Å²) in [6.07, 6.45) is -6.91. The van der Waals surface area contributed by atoms with Gasteiger partial charge in [0.1, 0.15) is 0 Å². The molecule has 0 aromatic carbocycles. The molecule has 0 spiro atoms. The van der Waals surface area contributed by atoms with Gasteiger partial charge in [-0.3, -0.25) is 0 Å². The van der Waals surface area contributed by atoms with Gasteiger partial charge in [-0.2, -0.15) is 39.5 Å². The van der Waals surface area contributed by atoms with Gasteiger partial charge in [0.05, 0.1) is 0 Å². The van der Waals surface area contributed by atoms with Crippen LogP contribution in [0.5, 0.6) is 0 Å². The highest BCUT2D eigenvalue weighted by Crippen LogP contribution is 2.47. The molecular weight excluding hydrogens is 373 g/mol. The van der Waals surface area contributed by atoms with Gasteiger partial charge in [-0.25, -0.2) is 16.8 Å². The first-order valence-corrected chi connectivity index (χ1v) is 7.02. The first kappa shape index (κ1) is 20.2. The second-order valence-electron chi connectivity index (χ2n) is 3.44. The average molecular weight is 376 g/mol. The van der Waals surface area contributed by atoms with Crippen molar-refractivity contribution in [2.24, 2.45) is 0 Å². The zero-order valence-electron chi connectivity index (χ0n) is 9.30. The van der Waals surface area contributed by atoms with E-state index in [9.17, 15) is 56.3 Å². The predicted octanol–water partition coefficient (Wildman–Crippen LogP) is 2.42. The summed E-state index contributed by atoms with van der Waals surface area (Å²) in [5, 5.41) is -13.2. The third kappa shape index (κ3) is 3.36. The summed E-state index contributed by atoms with van der Waals surface area (Å²) in [5.74, 6) is -5.50. The van der Waals surface area contributed by atoms with Crippen LogP contribution in [-0.2, 0) is 20.0 Å². The third-order valence-corrected chi connectivity index (χ3v) is 5.14. The third-order valence-electron chi connectivity index (χ3n) is 1.69. The monoisotopic (exact) mass is 376 g/mol. The molecule has 0 aliphatic rings. The van der Waals surface area contributed by atoms with Gasteiger partial charge in [-0.05, 0) is 0 Å². The fraction of sp³-hybridized carbons (Fsp3) is 1.00. The SMILES string of the molecule is CC(F)(F)C(F)(F)S(=O)(=O)[N-]S(=O)(=O)C(F)(F)C(F)(F)F. The summed E-state index contributed by atoms with van der Waals surface area (Å²) in [4.78, 5) is 0. The molecule has 0 N–H and O–H groups in total. The fourth-order valence-electron chi connectivity index (χ4n) is 0.596. The minimum atomic E-state index is -7.45. The van der Waals surface area contributed by atoms with E-state index in [0.29, 0.717) is 4.13 Å². The normalized spacial score (nSPS) is 16.1. The summed E-state index contributed by atoms with van der Waals surface area (Å²) in [6.45, 7) is -0.741. The summed E-state index contributed by atoms with van der Waals surface area (Å²) in [6, 6.07) is 0. The Morgan fingerprint density at radius 1 is 0.667 bits per heavy atom. The van der Waals surface area contributed by atoms with E-state index in [1.165, 1.54) is 0 Å².